The first kappa shape index (κ1) is 16.5. The highest BCUT2D eigenvalue weighted by molar-refractivity contribution is 6.33. The van der Waals surface area contributed by atoms with Crippen molar-refractivity contribution in [2.75, 3.05) is 5.32 Å². The Kier molecular flexibility index (Phi) is 3.84. The normalized spacial score (nSPS) is 11.2. The lowest BCUT2D eigenvalue weighted by Gasteiger charge is -2.02. The van der Waals surface area contributed by atoms with Crippen LogP contribution < -0.4 is 5.32 Å². The Morgan fingerprint density at radius 2 is 2.04 bits per heavy atom. The molecule has 0 radical (unpaired) electrons. The molecule has 2 N–H and O–H groups in total. The molecular formula is C19H14ClN7O. The minimum atomic E-state index is 0.258. The van der Waals surface area contributed by atoms with E-state index in [4.69, 9.17) is 16.0 Å². The Labute approximate surface area is 164 Å². The second-order valence-electron chi connectivity index (χ2n) is 6.24. The number of hydrogen-bond donors (Lipinski definition) is 2. The van der Waals surface area contributed by atoms with Crippen molar-refractivity contribution in [1.29, 1.82) is 0 Å². The van der Waals surface area contributed by atoms with Crippen LogP contribution in [0.25, 0.3) is 33.6 Å². The van der Waals surface area contributed by atoms with Gasteiger partial charge >= 0.3 is 6.01 Å². The van der Waals surface area contributed by atoms with E-state index in [1.807, 2.05) is 37.5 Å². The van der Waals surface area contributed by atoms with Crippen molar-refractivity contribution in [2.45, 2.75) is 0 Å². The number of rotatable bonds is 4. The zero-order valence-electron chi connectivity index (χ0n) is 14.7. The molecule has 28 heavy (non-hydrogen) atoms. The molecule has 0 aliphatic heterocycles. The van der Waals surface area contributed by atoms with Crippen LogP contribution in [0.4, 0.5) is 11.7 Å². The average Bonchev–Trinajstić information content (AvgIpc) is 3.42. The van der Waals surface area contributed by atoms with E-state index >= 15 is 0 Å². The van der Waals surface area contributed by atoms with Gasteiger partial charge in [-0.1, -0.05) is 28.8 Å². The molecule has 0 aliphatic carbocycles. The number of H-pyrrole nitrogens is 1. The Balaban J connectivity index is 1.51. The van der Waals surface area contributed by atoms with Crippen LogP contribution in [0.5, 0.6) is 0 Å². The lowest BCUT2D eigenvalue weighted by Crippen LogP contribution is -1.90. The summed E-state index contributed by atoms with van der Waals surface area (Å²) >= 11 is 6.16. The second-order valence-corrected chi connectivity index (χ2v) is 6.65. The maximum atomic E-state index is 6.16. The maximum Gasteiger partial charge on any atom is 0.320 e. The monoisotopic (exact) mass is 391 g/mol. The number of nitrogens with one attached hydrogen (secondary N) is 2. The van der Waals surface area contributed by atoms with E-state index in [-0.39, 0.29) is 6.01 Å². The Bertz CT molecular complexity index is 1290. The summed E-state index contributed by atoms with van der Waals surface area (Å²) in [5.74, 6) is 0.381. The van der Waals surface area contributed by atoms with Crippen molar-refractivity contribution in [2.24, 2.45) is 7.05 Å². The summed E-state index contributed by atoms with van der Waals surface area (Å²) in [4.78, 5) is 7.62. The van der Waals surface area contributed by atoms with E-state index < -0.39 is 0 Å². The number of hydrogen-bond acceptors (Lipinski definition) is 6. The average molecular weight is 392 g/mol. The molecule has 5 aromatic rings. The first-order chi connectivity index (χ1) is 13.7. The van der Waals surface area contributed by atoms with Crippen LogP contribution in [-0.2, 0) is 7.05 Å². The number of pyridine rings is 1. The highest BCUT2D eigenvalue weighted by Gasteiger charge is 2.16. The highest BCUT2D eigenvalue weighted by Crippen LogP contribution is 2.32. The lowest BCUT2D eigenvalue weighted by atomic mass is 10.1. The molecule has 0 aliphatic rings. The van der Waals surface area contributed by atoms with Gasteiger partial charge < -0.3 is 14.7 Å². The van der Waals surface area contributed by atoms with E-state index in [9.17, 15) is 0 Å². The third-order valence-electron chi connectivity index (χ3n) is 4.34. The zero-order chi connectivity index (χ0) is 19.1. The fraction of sp³-hybridized carbons (Fsp3) is 0.0526. The molecule has 9 heteroatoms. The third kappa shape index (κ3) is 2.89. The number of aromatic nitrogens is 6. The molecule has 4 aromatic heterocycles. The van der Waals surface area contributed by atoms with Crippen molar-refractivity contribution in [3.8, 4) is 22.6 Å². The van der Waals surface area contributed by atoms with Gasteiger partial charge in [0.1, 0.15) is 5.65 Å². The molecule has 8 nitrogen and oxygen atoms in total. The molecule has 0 atom stereocenters. The van der Waals surface area contributed by atoms with Crippen molar-refractivity contribution in [3.63, 3.8) is 0 Å². The molecule has 0 saturated carbocycles. The van der Waals surface area contributed by atoms with Gasteiger partial charge in [0.2, 0.25) is 0 Å². The smallest absolute Gasteiger partial charge is 0.320 e. The first-order valence-corrected chi connectivity index (χ1v) is 8.87. The molecule has 0 saturated heterocycles. The van der Waals surface area contributed by atoms with Gasteiger partial charge in [0.25, 0.3) is 5.89 Å². The number of benzene rings is 1. The SMILES string of the molecule is Cn1cc(-c2cnc3[nH]cc(-c4nnc(Nc5ccccc5Cl)o4)c3c2)cn1. The topological polar surface area (TPSA) is 97.5 Å². The molecule has 1 aromatic carbocycles. The third-order valence-corrected chi connectivity index (χ3v) is 4.67. The molecule has 0 fully saturated rings. The molecule has 0 unspecified atom stereocenters. The van der Waals surface area contributed by atoms with Crippen LogP contribution >= 0.6 is 11.6 Å². The molecule has 5 rings (SSSR count). The van der Waals surface area contributed by atoms with Gasteiger partial charge in [-0.3, -0.25) is 4.68 Å². The summed E-state index contributed by atoms with van der Waals surface area (Å²) in [5.41, 5.74) is 4.14. The lowest BCUT2D eigenvalue weighted by molar-refractivity contribution is 0.588. The van der Waals surface area contributed by atoms with Crippen molar-refractivity contribution < 1.29 is 4.42 Å². The standard InChI is InChI=1S/C19H14ClN7O/c1-27-10-12(8-23-27)11-6-13-14(9-22-17(13)21-7-11)18-25-26-19(28-18)24-16-5-3-2-4-15(16)20/h2-10H,1H3,(H,21,22)(H,24,26). The van der Waals surface area contributed by atoms with Gasteiger partial charge in [-0.05, 0) is 18.2 Å². The fourth-order valence-electron chi connectivity index (χ4n) is 2.97. The number of nitrogens with zero attached hydrogens (tertiary/aromatic N) is 5. The number of anilines is 2. The Hall–Kier alpha value is -3.65. The highest BCUT2D eigenvalue weighted by atomic mass is 35.5. The number of aromatic amines is 1. The summed E-state index contributed by atoms with van der Waals surface area (Å²) in [6.45, 7) is 0. The fourth-order valence-corrected chi connectivity index (χ4v) is 3.15. The van der Waals surface area contributed by atoms with Crippen LogP contribution in [-0.4, -0.2) is 29.9 Å². The number of aryl methyl sites for hydroxylation is 1. The van der Waals surface area contributed by atoms with Gasteiger partial charge in [-0.25, -0.2) is 4.98 Å². The van der Waals surface area contributed by atoms with Crippen molar-refractivity contribution in [3.05, 3.63) is 60.1 Å². The largest absolute Gasteiger partial charge is 0.403 e. The van der Waals surface area contributed by atoms with Crippen LogP contribution in [0.2, 0.25) is 5.02 Å². The van der Waals surface area contributed by atoms with Gasteiger partial charge in [0, 0.05) is 42.2 Å². The van der Waals surface area contributed by atoms with Crippen LogP contribution in [0.15, 0.2) is 59.5 Å². The van der Waals surface area contributed by atoms with Gasteiger partial charge in [0.15, 0.2) is 0 Å². The summed E-state index contributed by atoms with van der Waals surface area (Å²) in [5, 5.41) is 16.9. The molecule has 4 heterocycles. The maximum absolute atomic E-state index is 6.16. The quantitative estimate of drug-likeness (QED) is 0.471. The molecule has 138 valence electrons. The second kappa shape index (κ2) is 6.50. The predicted molar refractivity (Wildman–Crippen MR) is 106 cm³/mol. The van der Waals surface area contributed by atoms with Crippen LogP contribution in [0.1, 0.15) is 0 Å². The summed E-state index contributed by atoms with van der Waals surface area (Å²) in [6, 6.07) is 9.63. The van der Waals surface area contributed by atoms with Crippen LogP contribution in [0.3, 0.4) is 0 Å². The number of halogens is 1. The van der Waals surface area contributed by atoms with Crippen molar-refractivity contribution >= 4 is 34.3 Å². The Morgan fingerprint density at radius 1 is 1.14 bits per heavy atom. The van der Waals surface area contributed by atoms with Crippen LogP contribution in [0, 0.1) is 0 Å². The minimum absolute atomic E-state index is 0.258. The number of fused-ring (bicyclic) bond motifs is 1. The zero-order valence-corrected chi connectivity index (χ0v) is 15.5. The van der Waals surface area contributed by atoms with E-state index in [0.29, 0.717) is 16.6 Å². The first-order valence-electron chi connectivity index (χ1n) is 8.49. The van der Waals surface area contributed by atoms with Crippen molar-refractivity contribution in [1.82, 2.24) is 29.9 Å². The van der Waals surface area contributed by atoms with E-state index in [1.54, 1.807) is 29.3 Å². The summed E-state index contributed by atoms with van der Waals surface area (Å²) in [7, 11) is 1.88. The molecule has 0 bridgehead atoms. The van der Waals surface area contributed by atoms with Gasteiger partial charge in [-0.15, -0.1) is 5.10 Å². The predicted octanol–water partition coefficient (Wildman–Crippen LogP) is 4.41. The molecular weight excluding hydrogens is 378 g/mol. The number of para-hydroxylation sites is 1. The van der Waals surface area contributed by atoms with Gasteiger partial charge in [-0.2, -0.15) is 5.10 Å². The summed E-state index contributed by atoms with van der Waals surface area (Å²) < 4.78 is 7.54. The Morgan fingerprint density at radius 3 is 2.86 bits per heavy atom. The van der Waals surface area contributed by atoms with Gasteiger partial charge in [0.05, 0.1) is 22.5 Å². The van der Waals surface area contributed by atoms with E-state index in [0.717, 1.165) is 27.7 Å². The minimum Gasteiger partial charge on any atom is -0.403 e. The molecule has 0 amide bonds. The van der Waals surface area contributed by atoms with E-state index in [1.165, 1.54) is 0 Å². The summed E-state index contributed by atoms with van der Waals surface area (Å²) in [6.07, 6.45) is 7.34. The van der Waals surface area contributed by atoms with E-state index in [2.05, 4.69) is 30.6 Å². The molecule has 0 spiro atoms.